The predicted octanol–water partition coefficient (Wildman–Crippen LogP) is -0.534. The third-order valence-electron chi connectivity index (χ3n) is 2.12. The zero-order chi connectivity index (χ0) is 11.9. The lowest BCUT2D eigenvalue weighted by atomic mass is 10.5. The van der Waals surface area contributed by atoms with E-state index in [-0.39, 0.29) is 17.7 Å². The summed E-state index contributed by atoms with van der Waals surface area (Å²) in [6.07, 6.45) is 0.558. The summed E-state index contributed by atoms with van der Waals surface area (Å²) in [6, 6.07) is -0.336. The van der Waals surface area contributed by atoms with Crippen molar-refractivity contribution < 1.29 is 14.5 Å². The molecule has 1 aromatic rings. The molecular formula is C7H10N4O3S2. The molecule has 1 aliphatic rings. The average molecular weight is 262 g/mol. The Labute approximate surface area is 98.9 Å². The molecule has 2 atom stereocenters. The Kier molecular flexibility index (Phi) is 3.02. The number of likely N-dealkylation sites (N-methyl/N-ethyl adjacent to an activating group) is 1. The van der Waals surface area contributed by atoms with Gasteiger partial charge >= 0.3 is 10.4 Å². The molecular weight excluding hydrogens is 252 g/mol. The number of hydrogen-bond acceptors (Lipinski definition) is 6. The van der Waals surface area contributed by atoms with Crippen LogP contribution in [0.1, 0.15) is 0 Å². The minimum atomic E-state index is -1.23. The standard InChI is InChI=1S/C7H10N4O3S2/c1-10-3-4(12)11(7(10)13)5-8-9-6(15-5)16(2)14/h4,12H,3H2,1-2H3. The summed E-state index contributed by atoms with van der Waals surface area (Å²) in [5, 5.41) is 17.4. The molecule has 0 radical (unpaired) electrons. The minimum Gasteiger partial charge on any atom is -0.610 e. The molecule has 0 spiro atoms. The highest BCUT2D eigenvalue weighted by molar-refractivity contribution is 7.92. The summed E-state index contributed by atoms with van der Waals surface area (Å²) >= 11 is -0.184. The van der Waals surface area contributed by atoms with Crippen LogP contribution in [-0.2, 0) is 11.2 Å². The Hall–Kier alpha value is -0.900. The first-order valence-electron chi connectivity index (χ1n) is 4.40. The van der Waals surface area contributed by atoms with Gasteiger partial charge in [-0.25, -0.2) is 9.69 Å². The van der Waals surface area contributed by atoms with E-state index in [1.807, 2.05) is 0 Å². The van der Waals surface area contributed by atoms with Crippen LogP contribution in [0.25, 0.3) is 0 Å². The van der Waals surface area contributed by atoms with Crippen molar-refractivity contribution in [2.24, 2.45) is 0 Å². The number of hydrogen-bond donors (Lipinski definition) is 1. The second-order valence-electron chi connectivity index (χ2n) is 3.32. The van der Waals surface area contributed by atoms with Crippen molar-refractivity contribution in [2.75, 3.05) is 24.7 Å². The van der Waals surface area contributed by atoms with Crippen molar-refractivity contribution in [1.29, 1.82) is 0 Å². The highest BCUT2D eigenvalue weighted by atomic mass is 32.2. The van der Waals surface area contributed by atoms with Crippen LogP contribution in [0, 0.1) is 0 Å². The second-order valence-corrected chi connectivity index (χ2v) is 5.83. The summed E-state index contributed by atoms with van der Waals surface area (Å²) in [4.78, 5) is 14.2. The fourth-order valence-electron chi connectivity index (χ4n) is 1.34. The van der Waals surface area contributed by atoms with Gasteiger partial charge in [-0.1, -0.05) is 5.10 Å². The Morgan fingerprint density at radius 1 is 1.62 bits per heavy atom. The monoisotopic (exact) mass is 262 g/mol. The Morgan fingerprint density at radius 2 is 2.31 bits per heavy atom. The molecule has 0 aromatic carbocycles. The van der Waals surface area contributed by atoms with Crippen LogP contribution in [0.15, 0.2) is 4.34 Å². The van der Waals surface area contributed by atoms with Crippen LogP contribution in [0.3, 0.4) is 0 Å². The third kappa shape index (κ3) is 1.86. The number of nitrogens with zero attached hydrogens (tertiary/aromatic N) is 4. The molecule has 1 saturated heterocycles. The van der Waals surface area contributed by atoms with E-state index in [2.05, 4.69) is 10.2 Å². The maximum Gasteiger partial charge on any atom is 0.328 e. The van der Waals surface area contributed by atoms with E-state index in [0.717, 1.165) is 16.2 Å². The number of aliphatic hydroxyl groups excluding tert-OH is 1. The molecule has 1 fully saturated rings. The van der Waals surface area contributed by atoms with Gasteiger partial charge in [0.15, 0.2) is 6.23 Å². The fourth-order valence-corrected chi connectivity index (χ4v) is 2.81. The third-order valence-corrected chi connectivity index (χ3v) is 4.36. The lowest BCUT2D eigenvalue weighted by Gasteiger charge is -2.13. The van der Waals surface area contributed by atoms with Gasteiger partial charge < -0.3 is 14.6 Å². The molecule has 0 aliphatic carbocycles. The number of urea groups is 1. The number of carbonyl (C=O) groups is 1. The number of β-amino-alcohol motifs (C(OH)–C–C–N with tert-alkyl or cyclic N) is 1. The fraction of sp³-hybridized carbons (Fsp3) is 0.571. The molecule has 1 aromatic heterocycles. The van der Waals surface area contributed by atoms with E-state index in [1.54, 1.807) is 7.05 Å². The van der Waals surface area contributed by atoms with Gasteiger partial charge in [-0.3, -0.25) is 0 Å². The van der Waals surface area contributed by atoms with Crippen LogP contribution in [-0.4, -0.2) is 56.9 Å². The number of amides is 2. The summed E-state index contributed by atoms with van der Waals surface area (Å²) in [5.74, 6) is 0. The van der Waals surface area contributed by atoms with Crippen LogP contribution in [0.5, 0.6) is 0 Å². The van der Waals surface area contributed by atoms with Gasteiger partial charge in [-0.05, 0) is 11.3 Å². The van der Waals surface area contributed by atoms with Crippen molar-refractivity contribution >= 4 is 33.7 Å². The summed E-state index contributed by atoms with van der Waals surface area (Å²) in [6.45, 7) is 0.225. The molecule has 2 heterocycles. The van der Waals surface area contributed by atoms with E-state index in [1.165, 1.54) is 11.2 Å². The molecule has 9 heteroatoms. The van der Waals surface area contributed by atoms with E-state index in [9.17, 15) is 14.5 Å². The molecule has 2 amide bonds. The molecule has 2 unspecified atom stereocenters. The smallest absolute Gasteiger partial charge is 0.328 e. The van der Waals surface area contributed by atoms with Gasteiger partial charge in [0.25, 0.3) is 0 Å². The number of carbonyl (C=O) groups excluding carboxylic acids is 1. The largest absolute Gasteiger partial charge is 0.610 e. The maximum atomic E-state index is 11.7. The van der Waals surface area contributed by atoms with Crippen LogP contribution in [0.4, 0.5) is 9.93 Å². The van der Waals surface area contributed by atoms with Crippen LogP contribution < -0.4 is 4.90 Å². The molecule has 88 valence electrons. The first-order chi connectivity index (χ1) is 7.50. The molecule has 1 aliphatic heterocycles. The SMILES string of the molecule is CN1CC(O)N(c2nnc([S+](C)[O-])s2)C1=O. The van der Waals surface area contributed by atoms with Gasteiger partial charge in [0.05, 0.1) is 6.54 Å². The number of aromatic nitrogens is 2. The van der Waals surface area contributed by atoms with E-state index in [4.69, 9.17) is 0 Å². The second kappa shape index (κ2) is 4.17. The normalized spacial score (nSPS) is 23.0. The summed E-state index contributed by atoms with van der Waals surface area (Å²) in [5.41, 5.74) is 0. The zero-order valence-electron chi connectivity index (χ0n) is 8.65. The van der Waals surface area contributed by atoms with E-state index in [0.29, 0.717) is 4.34 Å². The minimum absolute atomic E-state index is 0.225. The van der Waals surface area contributed by atoms with Gasteiger partial charge in [0.2, 0.25) is 5.13 Å². The topological polar surface area (TPSA) is 92.6 Å². The molecule has 1 N–H and O–H groups in total. The van der Waals surface area contributed by atoms with Crippen molar-refractivity contribution in [3.8, 4) is 0 Å². The molecule has 16 heavy (non-hydrogen) atoms. The quantitative estimate of drug-likeness (QED) is 0.571. The molecule has 2 rings (SSSR count). The molecule has 0 bridgehead atoms. The molecule has 7 nitrogen and oxygen atoms in total. The maximum absolute atomic E-state index is 11.7. The lowest BCUT2D eigenvalue weighted by molar-refractivity contribution is 0.183. The summed E-state index contributed by atoms with van der Waals surface area (Å²) < 4.78 is 11.5. The van der Waals surface area contributed by atoms with Crippen molar-refractivity contribution in [3.63, 3.8) is 0 Å². The van der Waals surface area contributed by atoms with Crippen molar-refractivity contribution in [3.05, 3.63) is 0 Å². The van der Waals surface area contributed by atoms with Gasteiger partial charge in [0.1, 0.15) is 6.26 Å². The van der Waals surface area contributed by atoms with E-state index >= 15 is 0 Å². The van der Waals surface area contributed by atoms with Gasteiger partial charge in [0, 0.05) is 18.2 Å². The first kappa shape index (κ1) is 11.6. The zero-order valence-corrected chi connectivity index (χ0v) is 10.3. The van der Waals surface area contributed by atoms with Crippen molar-refractivity contribution in [2.45, 2.75) is 10.6 Å². The van der Waals surface area contributed by atoms with Crippen molar-refractivity contribution in [1.82, 2.24) is 15.1 Å². The predicted molar refractivity (Wildman–Crippen MR) is 58.8 cm³/mol. The number of anilines is 1. The van der Waals surface area contributed by atoms with E-state index < -0.39 is 17.4 Å². The van der Waals surface area contributed by atoms with Gasteiger partial charge in [-0.2, -0.15) is 0 Å². The first-order valence-corrected chi connectivity index (χ1v) is 6.77. The number of rotatable bonds is 2. The van der Waals surface area contributed by atoms with Gasteiger partial charge in [-0.15, -0.1) is 5.10 Å². The van der Waals surface area contributed by atoms with Crippen LogP contribution in [0.2, 0.25) is 0 Å². The Morgan fingerprint density at radius 3 is 2.75 bits per heavy atom. The highest BCUT2D eigenvalue weighted by Gasteiger charge is 2.37. The molecule has 0 saturated carbocycles. The number of aliphatic hydroxyl groups is 1. The average Bonchev–Trinajstić information content (AvgIpc) is 2.74. The Bertz CT molecular complexity index is 410. The highest BCUT2D eigenvalue weighted by Crippen LogP contribution is 2.28. The lowest BCUT2D eigenvalue weighted by Crippen LogP contribution is -2.34. The van der Waals surface area contributed by atoms with Crippen LogP contribution >= 0.6 is 11.3 Å². The summed E-state index contributed by atoms with van der Waals surface area (Å²) in [7, 11) is 1.59. The Balaban J connectivity index is 2.26.